The van der Waals surface area contributed by atoms with Gasteiger partial charge in [0.05, 0.1) is 0 Å². The molecule has 3 aromatic rings. The molecule has 1 aliphatic rings. The van der Waals surface area contributed by atoms with Gasteiger partial charge in [-0.05, 0) is 34.7 Å². The summed E-state index contributed by atoms with van der Waals surface area (Å²) in [6.07, 6.45) is 0.931. The Morgan fingerprint density at radius 3 is 2.73 bits per heavy atom. The molecule has 0 radical (unpaired) electrons. The van der Waals surface area contributed by atoms with Gasteiger partial charge >= 0.3 is 0 Å². The summed E-state index contributed by atoms with van der Waals surface area (Å²) in [5.41, 5.74) is 5.41. The molecule has 0 heterocycles. The average Bonchev–Trinajstić information content (AvgIpc) is 2.79. The molecule has 1 aliphatic carbocycles. The van der Waals surface area contributed by atoms with E-state index in [1.165, 1.54) is 22.3 Å². The third-order valence-electron chi connectivity index (χ3n) is 3.40. The molecule has 1 heteroatoms. The summed E-state index contributed by atoms with van der Waals surface area (Å²) in [7, 11) is 0. The lowest BCUT2D eigenvalue weighted by molar-refractivity contribution is 1.29. The first-order valence-electron chi connectivity index (χ1n) is 5.15. The van der Waals surface area contributed by atoms with Crippen molar-refractivity contribution in [2.45, 2.75) is 6.42 Å². The molecule has 0 unspecified atom stereocenters. The van der Waals surface area contributed by atoms with Crippen LogP contribution >= 0.6 is 0 Å². The number of benzene rings is 2. The minimum atomic E-state index is 0.254. The van der Waals surface area contributed by atoms with Crippen molar-refractivity contribution in [1.82, 2.24) is 0 Å². The fourth-order valence-electron chi connectivity index (χ4n) is 2.61. The van der Waals surface area contributed by atoms with E-state index < -0.39 is 0 Å². The lowest BCUT2D eigenvalue weighted by Gasteiger charge is -1.97. The summed E-state index contributed by atoms with van der Waals surface area (Å²) in [5, 5.41) is 1.92. The van der Waals surface area contributed by atoms with Crippen molar-refractivity contribution in [1.29, 1.82) is 0 Å². The van der Waals surface area contributed by atoms with E-state index in [-0.39, 0.29) is 5.43 Å². The molecule has 0 N–H and O–H groups in total. The van der Waals surface area contributed by atoms with Crippen molar-refractivity contribution in [3.8, 4) is 11.1 Å². The fraction of sp³-hybridized carbons (Fsp3) is 0.0714. The topological polar surface area (TPSA) is 17.1 Å². The standard InChI is InChI=1S/C14H8O/c15-14-11-6-5-10-9-4-2-1-3-8(9)7-12(10)13(11)14/h1-6H,7H2. The molecule has 0 amide bonds. The van der Waals surface area contributed by atoms with Gasteiger partial charge in [0.2, 0.25) is 0 Å². The second-order valence-electron chi connectivity index (χ2n) is 4.18. The van der Waals surface area contributed by atoms with Gasteiger partial charge in [0.15, 0.2) is 5.43 Å². The van der Waals surface area contributed by atoms with E-state index in [0.29, 0.717) is 0 Å². The Balaban J connectivity index is 2.14. The minimum absolute atomic E-state index is 0.254. The highest BCUT2D eigenvalue weighted by Gasteiger charge is 2.25. The Morgan fingerprint density at radius 2 is 1.80 bits per heavy atom. The molecule has 0 aliphatic heterocycles. The molecule has 0 saturated carbocycles. The first-order valence-corrected chi connectivity index (χ1v) is 5.15. The molecule has 0 spiro atoms. The highest BCUT2D eigenvalue weighted by atomic mass is 16.1. The van der Waals surface area contributed by atoms with Crippen LogP contribution in [0.15, 0.2) is 41.2 Å². The fourth-order valence-corrected chi connectivity index (χ4v) is 2.61. The zero-order valence-electron chi connectivity index (χ0n) is 8.08. The summed E-state index contributed by atoms with van der Waals surface area (Å²) in [6, 6.07) is 12.4. The van der Waals surface area contributed by atoms with Gasteiger partial charge in [0.1, 0.15) is 0 Å². The van der Waals surface area contributed by atoms with Crippen LogP contribution in [0.5, 0.6) is 0 Å². The second-order valence-corrected chi connectivity index (χ2v) is 4.18. The summed E-state index contributed by atoms with van der Waals surface area (Å²) in [4.78, 5) is 11.5. The maximum Gasteiger partial charge on any atom is 0.194 e. The second kappa shape index (κ2) is 2.19. The highest BCUT2D eigenvalue weighted by Crippen LogP contribution is 2.40. The van der Waals surface area contributed by atoms with E-state index in [1.807, 2.05) is 6.07 Å². The van der Waals surface area contributed by atoms with Gasteiger partial charge in [-0.15, -0.1) is 0 Å². The van der Waals surface area contributed by atoms with Crippen molar-refractivity contribution in [3.63, 3.8) is 0 Å². The molecule has 0 saturated heterocycles. The zero-order valence-corrected chi connectivity index (χ0v) is 8.08. The van der Waals surface area contributed by atoms with Crippen LogP contribution in [0.1, 0.15) is 11.1 Å². The normalized spacial score (nSPS) is 13.3. The quantitative estimate of drug-likeness (QED) is 0.418. The van der Waals surface area contributed by atoms with E-state index in [0.717, 1.165) is 17.2 Å². The van der Waals surface area contributed by atoms with Crippen LogP contribution in [0.3, 0.4) is 0 Å². The van der Waals surface area contributed by atoms with Crippen LogP contribution < -0.4 is 5.43 Å². The summed E-state index contributed by atoms with van der Waals surface area (Å²) in [5.74, 6) is 0. The maximum atomic E-state index is 11.5. The lowest BCUT2D eigenvalue weighted by atomic mass is 10.1. The van der Waals surface area contributed by atoms with Crippen molar-refractivity contribution in [2.24, 2.45) is 0 Å². The molecule has 15 heavy (non-hydrogen) atoms. The van der Waals surface area contributed by atoms with Crippen LogP contribution in [-0.4, -0.2) is 0 Å². The number of fused-ring (bicyclic) bond motifs is 5. The van der Waals surface area contributed by atoms with Crippen LogP contribution in [0, 0.1) is 0 Å². The maximum absolute atomic E-state index is 11.5. The summed E-state index contributed by atoms with van der Waals surface area (Å²) in [6.45, 7) is 0. The van der Waals surface area contributed by atoms with Crippen LogP contribution in [0.4, 0.5) is 0 Å². The molecule has 3 aromatic carbocycles. The van der Waals surface area contributed by atoms with Crippen LogP contribution in [-0.2, 0) is 6.42 Å². The number of rotatable bonds is 0. The molecule has 0 bridgehead atoms. The highest BCUT2D eigenvalue weighted by molar-refractivity contribution is 6.05. The van der Waals surface area contributed by atoms with Crippen molar-refractivity contribution < 1.29 is 0 Å². The number of hydrogen-bond acceptors (Lipinski definition) is 1. The van der Waals surface area contributed by atoms with Gasteiger partial charge in [0.25, 0.3) is 0 Å². The van der Waals surface area contributed by atoms with Gasteiger partial charge in [-0.1, -0.05) is 30.3 Å². The lowest BCUT2D eigenvalue weighted by Crippen LogP contribution is -1.79. The average molecular weight is 192 g/mol. The third kappa shape index (κ3) is 0.769. The monoisotopic (exact) mass is 192 g/mol. The molecular formula is C14H8O. The molecule has 70 valence electrons. The molecule has 0 fully saturated rings. The summed E-state index contributed by atoms with van der Waals surface area (Å²) < 4.78 is 0. The molecule has 0 atom stereocenters. The van der Waals surface area contributed by atoms with E-state index >= 15 is 0 Å². The van der Waals surface area contributed by atoms with Crippen LogP contribution in [0.2, 0.25) is 0 Å². The van der Waals surface area contributed by atoms with E-state index in [2.05, 4.69) is 30.3 Å². The number of hydrogen-bond donors (Lipinski definition) is 0. The van der Waals surface area contributed by atoms with Crippen molar-refractivity contribution >= 4 is 10.8 Å². The van der Waals surface area contributed by atoms with Gasteiger partial charge in [-0.3, -0.25) is 4.79 Å². The Kier molecular flexibility index (Phi) is 1.08. The largest absolute Gasteiger partial charge is 0.289 e. The van der Waals surface area contributed by atoms with Gasteiger partial charge in [0, 0.05) is 10.8 Å². The predicted molar refractivity (Wildman–Crippen MR) is 60.8 cm³/mol. The van der Waals surface area contributed by atoms with E-state index in [9.17, 15) is 4.79 Å². The first-order chi connectivity index (χ1) is 7.36. The Hall–Kier alpha value is -1.89. The first kappa shape index (κ1) is 7.41. The minimum Gasteiger partial charge on any atom is -0.289 e. The van der Waals surface area contributed by atoms with Crippen molar-refractivity contribution in [3.05, 3.63) is 57.7 Å². The smallest absolute Gasteiger partial charge is 0.194 e. The van der Waals surface area contributed by atoms with Crippen LogP contribution in [0.25, 0.3) is 21.9 Å². The van der Waals surface area contributed by atoms with Crippen molar-refractivity contribution in [2.75, 3.05) is 0 Å². The van der Waals surface area contributed by atoms with E-state index in [4.69, 9.17) is 0 Å². The molecule has 1 nitrogen and oxygen atoms in total. The Bertz CT molecular complexity index is 712. The molecular weight excluding hydrogens is 184 g/mol. The zero-order chi connectivity index (χ0) is 9.99. The predicted octanol–water partition coefficient (Wildman–Crippen LogP) is 2.65. The van der Waals surface area contributed by atoms with Gasteiger partial charge in [-0.2, -0.15) is 0 Å². The molecule has 4 rings (SSSR count). The summed E-state index contributed by atoms with van der Waals surface area (Å²) >= 11 is 0. The van der Waals surface area contributed by atoms with Gasteiger partial charge < -0.3 is 0 Å². The SMILES string of the molecule is O=c1c2ccc3c(c12)Cc1ccccc1-3. The van der Waals surface area contributed by atoms with E-state index in [1.54, 1.807) is 0 Å². The Labute approximate surface area is 86.7 Å². The third-order valence-corrected chi connectivity index (χ3v) is 3.40. The molecule has 0 aromatic heterocycles. The van der Waals surface area contributed by atoms with Gasteiger partial charge in [-0.25, -0.2) is 0 Å². The Morgan fingerprint density at radius 1 is 0.933 bits per heavy atom.